The fourth-order valence-corrected chi connectivity index (χ4v) is 2.76. The van der Waals surface area contributed by atoms with Crippen LogP contribution in [0, 0.1) is 0 Å². The number of benzene rings is 1. The van der Waals surface area contributed by atoms with Gasteiger partial charge in [-0.2, -0.15) is 0 Å². The van der Waals surface area contributed by atoms with Gasteiger partial charge in [0.05, 0.1) is 0 Å². The lowest BCUT2D eigenvalue weighted by Crippen LogP contribution is -2.27. The minimum absolute atomic E-state index is 0.0829. The maximum atomic E-state index is 5.79. The second-order valence-electron chi connectivity index (χ2n) is 4.23. The van der Waals surface area contributed by atoms with Crippen molar-refractivity contribution < 1.29 is 0 Å². The van der Waals surface area contributed by atoms with Crippen LogP contribution in [0.15, 0.2) is 29.6 Å². The highest BCUT2D eigenvalue weighted by Crippen LogP contribution is 2.33. The van der Waals surface area contributed by atoms with Gasteiger partial charge in [0.15, 0.2) is 0 Å². The number of thiophene rings is 1. The van der Waals surface area contributed by atoms with E-state index in [0.29, 0.717) is 6.54 Å². The van der Waals surface area contributed by atoms with E-state index in [-0.39, 0.29) is 5.41 Å². The van der Waals surface area contributed by atoms with E-state index >= 15 is 0 Å². The van der Waals surface area contributed by atoms with Gasteiger partial charge < -0.3 is 5.73 Å². The summed E-state index contributed by atoms with van der Waals surface area (Å²) in [6.07, 6.45) is 0. The largest absolute Gasteiger partial charge is 0.330 e. The molecule has 0 aliphatic rings. The fraction of sp³-hybridized carbons (Fsp3) is 0.333. The molecular formula is C12H15NS. The summed E-state index contributed by atoms with van der Waals surface area (Å²) in [6, 6.07) is 8.51. The van der Waals surface area contributed by atoms with Crippen LogP contribution >= 0.6 is 11.3 Å². The van der Waals surface area contributed by atoms with E-state index in [1.807, 2.05) is 0 Å². The highest BCUT2D eigenvalue weighted by Gasteiger charge is 2.21. The van der Waals surface area contributed by atoms with Crippen molar-refractivity contribution in [1.82, 2.24) is 0 Å². The van der Waals surface area contributed by atoms with Gasteiger partial charge in [0.25, 0.3) is 0 Å². The molecule has 1 aromatic carbocycles. The lowest BCUT2D eigenvalue weighted by Gasteiger charge is -2.21. The Balaban J connectivity index is 2.64. The summed E-state index contributed by atoms with van der Waals surface area (Å²) < 4.78 is 1.35. The van der Waals surface area contributed by atoms with Crippen LogP contribution in [-0.4, -0.2) is 6.54 Å². The first-order valence-electron chi connectivity index (χ1n) is 4.82. The van der Waals surface area contributed by atoms with Gasteiger partial charge in [-0.05, 0) is 22.4 Å². The number of hydrogen-bond acceptors (Lipinski definition) is 2. The maximum absolute atomic E-state index is 5.79. The first-order chi connectivity index (χ1) is 6.65. The third-order valence-corrected chi connectivity index (χ3v) is 3.68. The van der Waals surface area contributed by atoms with Gasteiger partial charge in [0.1, 0.15) is 0 Å². The van der Waals surface area contributed by atoms with Crippen molar-refractivity contribution in [3.05, 3.63) is 35.2 Å². The molecule has 2 N–H and O–H groups in total. The smallest absolute Gasteiger partial charge is 0.0345 e. The molecule has 0 bridgehead atoms. The van der Waals surface area contributed by atoms with E-state index in [9.17, 15) is 0 Å². The van der Waals surface area contributed by atoms with Crippen LogP contribution in [0.5, 0.6) is 0 Å². The second kappa shape index (κ2) is 3.37. The summed E-state index contributed by atoms with van der Waals surface area (Å²) in [5, 5.41) is 3.59. The molecule has 0 saturated carbocycles. The molecule has 0 aliphatic carbocycles. The van der Waals surface area contributed by atoms with Crippen molar-refractivity contribution in [2.75, 3.05) is 6.54 Å². The lowest BCUT2D eigenvalue weighted by atomic mass is 9.85. The zero-order valence-electron chi connectivity index (χ0n) is 8.58. The van der Waals surface area contributed by atoms with Crippen molar-refractivity contribution in [2.24, 2.45) is 5.73 Å². The average Bonchev–Trinajstić information content (AvgIpc) is 2.61. The summed E-state index contributed by atoms with van der Waals surface area (Å²) in [4.78, 5) is 0. The molecule has 0 amide bonds. The Morgan fingerprint density at radius 3 is 2.71 bits per heavy atom. The predicted molar refractivity (Wildman–Crippen MR) is 63.9 cm³/mol. The zero-order valence-corrected chi connectivity index (χ0v) is 9.40. The van der Waals surface area contributed by atoms with E-state index in [1.54, 1.807) is 11.3 Å². The molecule has 0 unspecified atom stereocenters. The van der Waals surface area contributed by atoms with E-state index in [4.69, 9.17) is 5.73 Å². The van der Waals surface area contributed by atoms with Gasteiger partial charge in [-0.15, -0.1) is 11.3 Å². The molecule has 0 fully saturated rings. The second-order valence-corrected chi connectivity index (χ2v) is 5.14. The van der Waals surface area contributed by atoms with Gasteiger partial charge in [-0.3, -0.25) is 0 Å². The third-order valence-electron chi connectivity index (χ3n) is 2.72. The Labute approximate surface area is 88.6 Å². The molecule has 2 rings (SSSR count). The molecule has 0 saturated heterocycles. The van der Waals surface area contributed by atoms with Crippen molar-refractivity contribution in [3.63, 3.8) is 0 Å². The van der Waals surface area contributed by atoms with E-state index < -0.39 is 0 Å². The maximum Gasteiger partial charge on any atom is 0.0345 e. The first kappa shape index (κ1) is 9.69. The molecular weight excluding hydrogens is 190 g/mol. The molecule has 74 valence electrons. The number of hydrogen-bond donors (Lipinski definition) is 1. The molecule has 2 heteroatoms. The predicted octanol–water partition coefficient (Wildman–Crippen LogP) is 3.14. The number of nitrogens with two attached hydrogens (primary N) is 1. The van der Waals surface area contributed by atoms with Crippen LogP contribution in [0.2, 0.25) is 0 Å². The summed E-state index contributed by atoms with van der Waals surface area (Å²) in [7, 11) is 0. The Kier molecular flexibility index (Phi) is 2.33. The van der Waals surface area contributed by atoms with E-state index in [2.05, 4.69) is 43.5 Å². The van der Waals surface area contributed by atoms with Crippen LogP contribution in [0.4, 0.5) is 0 Å². The first-order valence-corrected chi connectivity index (χ1v) is 5.70. The highest BCUT2D eigenvalue weighted by atomic mass is 32.1. The Morgan fingerprint density at radius 2 is 2.00 bits per heavy atom. The van der Waals surface area contributed by atoms with Crippen LogP contribution in [-0.2, 0) is 5.41 Å². The quantitative estimate of drug-likeness (QED) is 0.801. The van der Waals surface area contributed by atoms with Gasteiger partial charge in [0, 0.05) is 16.7 Å². The number of fused-ring (bicyclic) bond motifs is 1. The molecule has 1 heterocycles. The van der Waals surface area contributed by atoms with Crippen molar-refractivity contribution in [2.45, 2.75) is 19.3 Å². The summed E-state index contributed by atoms with van der Waals surface area (Å²) in [5.74, 6) is 0. The van der Waals surface area contributed by atoms with Crippen molar-refractivity contribution in [3.8, 4) is 0 Å². The Morgan fingerprint density at radius 1 is 1.29 bits per heavy atom. The molecule has 0 aliphatic heterocycles. The van der Waals surface area contributed by atoms with Crippen LogP contribution in [0.1, 0.15) is 19.4 Å². The molecule has 1 aromatic heterocycles. The molecule has 2 aromatic rings. The van der Waals surface area contributed by atoms with Crippen molar-refractivity contribution >= 4 is 21.4 Å². The van der Waals surface area contributed by atoms with E-state index in [1.165, 1.54) is 15.6 Å². The minimum atomic E-state index is 0.0829. The van der Waals surface area contributed by atoms with Gasteiger partial charge in [-0.1, -0.05) is 32.0 Å². The normalized spacial score (nSPS) is 12.2. The summed E-state index contributed by atoms with van der Waals surface area (Å²) in [6.45, 7) is 5.08. The number of rotatable bonds is 2. The molecule has 0 spiro atoms. The van der Waals surface area contributed by atoms with Crippen LogP contribution in [0.25, 0.3) is 10.1 Å². The Hall–Kier alpha value is -0.860. The zero-order chi connectivity index (χ0) is 10.2. The fourth-order valence-electron chi connectivity index (χ4n) is 1.61. The van der Waals surface area contributed by atoms with Crippen LogP contribution in [0.3, 0.4) is 0 Å². The monoisotopic (exact) mass is 205 g/mol. The minimum Gasteiger partial charge on any atom is -0.330 e. The van der Waals surface area contributed by atoms with Gasteiger partial charge in [-0.25, -0.2) is 0 Å². The lowest BCUT2D eigenvalue weighted by molar-refractivity contribution is 0.545. The Bertz CT molecular complexity index is 442. The molecule has 0 atom stereocenters. The molecule has 1 nitrogen and oxygen atoms in total. The standard InChI is InChI=1S/C12H15NS/c1-12(2,8-13)10-7-14-11-6-4-3-5-9(10)11/h3-7H,8,13H2,1-2H3. The molecule has 14 heavy (non-hydrogen) atoms. The van der Waals surface area contributed by atoms with Crippen molar-refractivity contribution in [1.29, 1.82) is 0 Å². The summed E-state index contributed by atoms with van der Waals surface area (Å²) in [5.41, 5.74) is 7.25. The van der Waals surface area contributed by atoms with Gasteiger partial charge >= 0.3 is 0 Å². The average molecular weight is 205 g/mol. The SMILES string of the molecule is CC(C)(CN)c1csc2ccccc12. The third kappa shape index (κ3) is 1.45. The topological polar surface area (TPSA) is 26.0 Å². The van der Waals surface area contributed by atoms with E-state index in [0.717, 1.165) is 0 Å². The van der Waals surface area contributed by atoms with Gasteiger partial charge in [0.2, 0.25) is 0 Å². The highest BCUT2D eigenvalue weighted by molar-refractivity contribution is 7.17. The molecule has 0 radical (unpaired) electrons. The van der Waals surface area contributed by atoms with Crippen LogP contribution < -0.4 is 5.73 Å². The summed E-state index contributed by atoms with van der Waals surface area (Å²) >= 11 is 1.80.